The predicted octanol–water partition coefficient (Wildman–Crippen LogP) is 3.12. The molecule has 3 aromatic rings. The molecular weight excluding hydrogens is 322 g/mol. The number of rotatable bonds is 2. The van der Waals surface area contributed by atoms with Crippen molar-refractivity contribution in [3.8, 4) is 0 Å². The first kappa shape index (κ1) is 15.0. The molecule has 6 heteroatoms. The number of hydrogen-bond acceptors (Lipinski definition) is 4. The van der Waals surface area contributed by atoms with Crippen molar-refractivity contribution in [1.29, 1.82) is 0 Å². The maximum Gasteiger partial charge on any atom is 0.257 e. The second-order valence-corrected chi connectivity index (χ2v) is 6.51. The number of carbonyl (C=O) groups is 1. The van der Waals surface area contributed by atoms with Crippen molar-refractivity contribution in [1.82, 2.24) is 9.97 Å². The summed E-state index contributed by atoms with van der Waals surface area (Å²) in [4.78, 5) is 32.0. The lowest BCUT2D eigenvalue weighted by Crippen LogP contribution is -2.31. The Bertz CT molecular complexity index is 1010. The summed E-state index contributed by atoms with van der Waals surface area (Å²) < 4.78 is 0. The lowest BCUT2D eigenvalue weighted by molar-refractivity contribution is -0.116. The third-order valence-electron chi connectivity index (χ3n) is 4.32. The van der Waals surface area contributed by atoms with Gasteiger partial charge in [-0.2, -0.15) is 0 Å². The Morgan fingerprint density at radius 1 is 1.12 bits per heavy atom. The largest absolute Gasteiger partial charge is 0.310 e. The average Bonchev–Trinajstić information content (AvgIpc) is 2.60. The summed E-state index contributed by atoms with van der Waals surface area (Å²) in [6.45, 7) is 0. The molecule has 0 fully saturated rings. The molecule has 24 heavy (non-hydrogen) atoms. The molecule has 4 rings (SSSR count). The van der Waals surface area contributed by atoms with Gasteiger partial charge in [0, 0.05) is 12.3 Å². The van der Waals surface area contributed by atoms with Crippen molar-refractivity contribution in [2.45, 2.75) is 17.5 Å². The van der Waals surface area contributed by atoms with E-state index in [0.717, 1.165) is 16.3 Å². The van der Waals surface area contributed by atoms with Crippen LogP contribution < -0.4 is 10.9 Å². The summed E-state index contributed by atoms with van der Waals surface area (Å²) in [5, 5.41) is 5.38. The Morgan fingerprint density at radius 3 is 2.75 bits per heavy atom. The summed E-state index contributed by atoms with van der Waals surface area (Å²) in [5.74, 6) is -0.0464. The zero-order valence-corrected chi connectivity index (χ0v) is 13.8. The van der Waals surface area contributed by atoms with Crippen LogP contribution in [0.5, 0.6) is 0 Å². The molecule has 0 saturated heterocycles. The van der Waals surface area contributed by atoms with Crippen LogP contribution in [0.1, 0.15) is 23.5 Å². The second kappa shape index (κ2) is 5.79. The summed E-state index contributed by atoms with van der Waals surface area (Å²) in [5.41, 5.74) is 1.32. The minimum Gasteiger partial charge on any atom is -0.310 e. The SMILES string of the molecule is CSc1nc2c(c(=O)[nH]1)[C@H](c1cccc3ccccc13)CC(=O)N2. The van der Waals surface area contributed by atoms with E-state index in [4.69, 9.17) is 0 Å². The van der Waals surface area contributed by atoms with E-state index >= 15 is 0 Å². The first-order valence-electron chi connectivity index (χ1n) is 7.63. The van der Waals surface area contributed by atoms with E-state index in [1.807, 2.05) is 48.7 Å². The minimum atomic E-state index is -0.299. The molecule has 1 aliphatic heterocycles. The van der Waals surface area contributed by atoms with Gasteiger partial charge in [0.25, 0.3) is 5.56 Å². The minimum absolute atomic E-state index is 0.120. The number of hydrogen-bond donors (Lipinski definition) is 2. The molecule has 2 N–H and O–H groups in total. The average molecular weight is 337 g/mol. The van der Waals surface area contributed by atoms with Gasteiger partial charge in [-0.25, -0.2) is 4.98 Å². The molecule has 0 radical (unpaired) electrons. The van der Waals surface area contributed by atoms with Crippen LogP contribution in [0.3, 0.4) is 0 Å². The number of nitrogens with zero attached hydrogens (tertiary/aromatic N) is 1. The van der Waals surface area contributed by atoms with Gasteiger partial charge in [0.05, 0.1) is 5.56 Å². The van der Waals surface area contributed by atoms with Crippen molar-refractivity contribution < 1.29 is 4.79 Å². The first-order valence-corrected chi connectivity index (χ1v) is 8.85. The van der Waals surface area contributed by atoms with Crippen molar-refractivity contribution in [3.05, 3.63) is 63.9 Å². The highest BCUT2D eigenvalue weighted by atomic mass is 32.2. The first-order chi connectivity index (χ1) is 11.7. The van der Waals surface area contributed by atoms with Gasteiger partial charge in [-0.15, -0.1) is 0 Å². The molecule has 0 bridgehead atoms. The van der Waals surface area contributed by atoms with Crippen molar-refractivity contribution in [2.24, 2.45) is 0 Å². The Hall–Kier alpha value is -2.60. The van der Waals surface area contributed by atoms with Crippen LogP contribution in [0.15, 0.2) is 52.4 Å². The number of anilines is 1. The molecule has 5 nitrogen and oxygen atoms in total. The van der Waals surface area contributed by atoms with Crippen LogP contribution in [-0.4, -0.2) is 22.1 Å². The molecule has 2 aromatic carbocycles. The molecule has 120 valence electrons. The fourth-order valence-corrected chi connectivity index (χ4v) is 3.64. The van der Waals surface area contributed by atoms with Crippen molar-refractivity contribution >= 4 is 34.3 Å². The fraction of sp³-hybridized carbons (Fsp3) is 0.167. The second-order valence-electron chi connectivity index (χ2n) is 5.71. The molecule has 0 unspecified atom stereocenters. The maximum atomic E-state index is 12.6. The predicted molar refractivity (Wildman–Crippen MR) is 95.7 cm³/mol. The van der Waals surface area contributed by atoms with Crippen LogP contribution in [0.2, 0.25) is 0 Å². The van der Waals surface area contributed by atoms with Gasteiger partial charge in [-0.1, -0.05) is 54.2 Å². The number of H-pyrrole nitrogens is 1. The summed E-state index contributed by atoms with van der Waals surface area (Å²) in [7, 11) is 0. The number of fused-ring (bicyclic) bond motifs is 2. The van der Waals surface area contributed by atoms with Gasteiger partial charge in [0.15, 0.2) is 5.16 Å². The monoisotopic (exact) mass is 337 g/mol. The third-order valence-corrected chi connectivity index (χ3v) is 4.90. The van der Waals surface area contributed by atoms with Crippen molar-refractivity contribution in [3.63, 3.8) is 0 Å². The van der Waals surface area contributed by atoms with E-state index in [9.17, 15) is 9.59 Å². The van der Waals surface area contributed by atoms with Gasteiger partial charge >= 0.3 is 0 Å². The molecular formula is C18H15N3O2S. The zero-order chi connectivity index (χ0) is 16.7. The number of thioether (sulfide) groups is 1. The molecule has 1 amide bonds. The van der Waals surface area contributed by atoms with Crippen LogP contribution in [0.4, 0.5) is 5.82 Å². The van der Waals surface area contributed by atoms with E-state index in [1.165, 1.54) is 11.8 Å². The van der Waals surface area contributed by atoms with Gasteiger partial charge in [0.1, 0.15) is 5.82 Å². The number of nitrogens with one attached hydrogen (secondary N) is 2. The van der Waals surface area contributed by atoms with Gasteiger partial charge in [-0.05, 0) is 22.6 Å². The summed E-state index contributed by atoms with van der Waals surface area (Å²) in [6, 6.07) is 14.0. The van der Waals surface area contributed by atoms with E-state index in [0.29, 0.717) is 16.5 Å². The molecule has 2 heterocycles. The Morgan fingerprint density at radius 2 is 1.92 bits per heavy atom. The van der Waals surface area contributed by atoms with Gasteiger partial charge in [0.2, 0.25) is 5.91 Å². The lowest BCUT2D eigenvalue weighted by Gasteiger charge is -2.25. The Labute approximate surface area is 142 Å². The standard InChI is InChI=1S/C18H15N3O2S/c1-24-18-20-16-15(17(23)21-18)13(9-14(22)19-16)12-8-4-6-10-5-2-3-7-11(10)12/h2-8,13H,9H2,1H3,(H2,19,20,21,22,23)/t13-/m0/s1. The fourth-order valence-electron chi connectivity index (χ4n) is 3.27. The number of aromatic amines is 1. The lowest BCUT2D eigenvalue weighted by atomic mass is 9.84. The molecule has 1 aliphatic rings. The third kappa shape index (κ3) is 2.39. The molecule has 0 aliphatic carbocycles. The number of benzene rings is 2. The number of carbonyl (C=O) groups excluding carboxylic acids is 1. The molecule has 0 saturated carbocycles. The molecule has 1 atom stereocenters. The highest BCUT2D eigenvalue weighted by Gasteiger charge is 2.31. The topological polar surface area (TPSA) is 74.8 Å². The van der Waals surface area contributed by atoms with E-state index in [-0.39, 0.29) is 23.8 Å². The van der Waals surface area contributed by atoms with Crippen LogP contribution in [-0.2, 0) is 4.79 Å². The number of aromatic nitrogens is 2. The highest BCUT2D eigenvalue weighted by molar-refractivity contribution is 7.98. The summed E-state index contributed by atoms with van der Waals surface area (Å²) >= 11 is 1.34. The van der Waals surface area contributed by atoms with Gasteiger partial charge in [-0.3, -0.25) is 9.59 Å². The summed E-state index contributed by atoms with van der Waals surface area (Å²) in [6.07, 6.45) is 2.07. The van der Waals surface area contributed by atoms with E-state index < -0.39 is 0 Å². The number of amides is 1. The van der Waals surface area contributed by atoms with Gasteiger partial charge < -0.3 is 10.3 Å². The van der Waals surface area contributed by atoms with Crippen LogP contribution in [0.25, 0.3) is 10.8 Å². The van der Waals surface area contributed by atoms with Crippen LogP contribution in [0, 0.1) is 0 Å². The van der Waals surface area contributed by atoms with E-state index in [1.54, 1.807) is 0 Å². The molecule has 0 spiro atoms. The highest BCUT2D eigenvalue weighted by Crippen LogP contribution is 2.37. The molecule has 1 aromatic heterocycles. The Balaban J connectivity index is 1.97. The van der Waals surface area contributed by atoms with Crippen molar-refractivity contribution in [2.75, 3.05) is 11.6 Å². The smallest absolute Gasteiger partial charge is 0.257 e. The maximum absolute atomic E-state index is 12.6. The quantitative estimate of drug-likeness (QED) is 0.556. The zero-order valence-electron chi connectivity index (χ0n) is 13.0. The normalized spacial score (nSPS) is 16.7. The Kier molecular flexibility index (Phi) is 3.61. The van der Waals surface area contributed by atoms with Crippen LogP contribution >= 0.6 is 11.8 Å². The van der Waals surface area contributed by atoms with E-state index in [2.05, 4.69) is 15.3 Å².